The molecule has 3 N–H and O–H groups in total. The molecule has 216 valence electrons. The van der Waals surface area contributed by atoms with Crippen LogP contribution in [0.4, 0.5) is 10.6 Å². The average Bonchev–Trinajstić information content (AvgIpc) is 3.56. The maximum atomic E-state index is 12.3. The van der Waals surface area contributed by atoms with Gasteiger partial charge >= 0.3 is 17.7 Å². The van der Waals surface area contributed by atoms with Gasteiger partial charge in [-0.2, -0.15) is 4.98 Å². The van der Waals surface area contributed by atoms with Gasteiger partial charge < -0.3 is 24.6 Å². The molecule has 3 aliphatic heterocycles. The van der Waals surface area contributed by atoms with Crippen LogP contribution < -0.4 is 16.3 Å². The van der Waals surface area contributed by atoms with Crippen molar-refractivity contribution in [3.8, 4) is 0 Å². The van der Waals surface area contributed by atoms with Crippen molar-refractivity contribution in [1.82, 2.24) is 19.8 Å². The van der Waals surface area contributed by atoms with Gasteiger partial charge in [0.05, 0.1) is 31.1 Å². The Morgan fingerprint density at radius 2 is 2.08 bits per heavy atom. The Hall–Kier alpha value is -4.05. The molecule has 0 radical (unpaired) electrons. The Balaban J connectivity index is 1.23. The number of amides is 4. The summed E-state index contributed by atoms with van der Waals surface area (Å²) in [6.45, 7) is 1.37. The molecule has 17 heteroatoms. The summed E-state index contributed by atoms with van der Waals surface area (Å²) in [4.78, 5) is 68.7. The van der Waals surface area contributed by atoms with Crippen molar-refractivity contribution >= 4 is 29.6 Å². The lowest BCUT2D eigenvalue weighted by molar-refractivity contribution is -0.150. The number of carbonyl (C=O) groups excluding carboxylic acids is 4. The van der Waals surface area contributed by atoms with Crippen LogP contribution in [0.1, 0.15) is 45.3 Å². The number of carbonyl (C=O) groups is 4. The first-order chi connectivity index (χ1) is 19.2. The van der Waals surface area contributed by atoms with E-state index in [0.717, 1.165) is 0 Å². The molecule has 17 nitrogen and oxygen atoms in total. The van der Waals surface area contributed by atoms with Crippen molar-refractivity contribution in [3.63, 3.8) is 0 Å². The van der Waals surface area contributed by atoms with Gasteiger partial charge in [0, 0.05) is 30.5 Å². The Labute approximate surface area is 227 Å². The van der Waals surface area contributed by atoms with Crippen LogP contribution in [0.5, 0.6) is 0 Å². The summed E-state index contributed by atoms with van der Waals surface area (Å²) in [6.07, 6.45) is -0.267. The molecule has 40 heavy (non-hydrogen) atoms. The van der Waals surface area contributed by atoms with Crippen LogP contribution in [0.3, 0.4) is 0 Å². The van der Waals surface area contributed by atoms with E-state index in [2.05, 4.69) is 25.6 Å². The molecule has 0 aliphatic carbocycles. The molecular weight excluding hydrogens is 532 g/mol. The SMILES string of the molecule is CC1CN(C2CC(N=[N+]=[N-])C(COC(=O)CCC(=O)Nc3ccn(C4CCC(CO)O4)c(=O)n3)O2)C(=O)NC1=O. The van der Waals surface area contributed by atoms with Gasteiger partial charge in [0.1, 0.15) is 31.0 Å². The predicted octanol–water partition coefficient (Wildman–Crippen LogP) is 0.157. The molecule has 3 fully saturated rings. The second kappa shape index (κ2) is 12.9. The van der Waals surface area contributed by atoms with E-state index in [4.69, 9.17) is 19.7 Å². The average molecular weight is 563 g/mol. The second-order valence-corrected chi connectivity index (χ2v) is 9.69. The van der Waals surface area contributed by atoms with Gasteiger partial charge in [0.2, 0.25) is 11.8 Å². The van der Waals surface area contributed by atoms with E-state index in [1.54, 1.807) is 6.92 Å². The molecule has 4 amide bonds. The van der Waals surface area contributed by atoms with Gasteiger partial charge in [0.25, 0.3) is 0 Å². The Morgan fingerprint density at radius 1 is 1.27 bits per heavy atom. The van der Waals surface area contributed by atoms with Crippen LogP contribution in [0.25, 0.3) is 10.4 Å². The summed E-state index contributed by atoms with van der Waals surface area (Å²) in [5, 5.41) is 17.5. The zero-order valence-electron chi connectivity index (χ0n) is 21.7. The third-order valence-electron chi connectivity index (χ3n) is 6.82. The standard InChI is InChI=1S/C23H30N8O9/c1-12-9-31(23(37)27-21(12)35)19-8-14(28-29-24)15(40-19)11-38-20(34)5-3-17(33)25-16-6-7-30(22(36)26-16)18-4-2-13(10-32)39-18/h6-7,12-15,18-19,32H,2-5,8-11H2,1H3,(H,27,35,37)(H,25,26,33,36). The first-order valence-electron chi connectivity index (χ1n) is 12.8. The van der Waals surface area contributed by atoms with E-state index in [9.17, 15) is 29.1 Å². The zero-order chi connectivity index (χ0) is 28.8. The highest BCUT2D eigenvalue weighted by molar-refractivity contribution is 5.97. The quantitative estimate of drug-likeness (QED) is 0.151. The minimum Gasteiger partial charge on any atom is -0.463 e. The third-order valence-corrected chi connectivity index (χ3v) is 6.82. The lowest BCUT2D eigenvalue weighted by atomic mass is 10.1. The van der Waals surface area contributed by atoms with Crippen molar-refractivity contribution in [3.05, 3.63) is 33.2 Å². The molecule has 4 rings (SSSR count). The highest BCUT2D eigenvalue weighted by Gasteiger charge is 2.43. The van der Waals surface area contributed by atoms with Crippen molar-refractivity contribution in [1.29, 1.82) is 0 Å². The van der Waals surface area contributed by atoms with E-state index in [1.807, 2.05) is 0 Å². The normalized spacial score (nSPS) is 28.1. The first kappa shape index (κ1) is 28.9. The molecule has 1 aromatic heterocycles. The highest BCUT2D eigenvalue weighted by atomic mass is 16.6. The minimum absolute atomic E-state index is 0.0108. The number of rotatable bonds is 10. The fourth-order valence-electron chi connectivity index (χ4n) is 4.65. The topological polar surface area (TPSA) is 227 Å². The molecule has 0 bridgehead atoms. The second-order valence-electron chi connectivity index (χ2n) is 9.69. The van der Waals surface area contributed by atoms with Gasteiger partial charge in [0.15, 0.2) is 0 Å². The third kappa shape index (κ3) is 6.93. The number of aliphatic hydroxyl groups is 1. The number of esters is 1. The summed E-state index contributed by atoms with van der Waals surface area (Å²) in [5.74, 6) is -2.11. The molecular formula is C23H30N8O9. The smallest absolute Gasteiger partial charge is 0.351 e. The van der Waals surface area contributed by atoms with Crippen LogP contribution >= 0.6 is 0 Å². The lowest BCUT2D eigenvalue weighted by Gasteiger charge is -2.34. The van der Waals surface area contributed by atoms with Crippen molar-refractivity contribution in [2.24, 2.45) is 11.0 Å². The van der Waals surface area contributed by atoms with E-state index in [1.165, 1.54) is 21.7 Å². The fraction of sp³-hybridized carbons (Fsp3) is 0.652. The molecule has 0 aromatic carbocycles. The number of urea groups is 1. The number of nitrogens with one attached hydrogen (secondary N) is 2. The van der Waals surface area contributed by atoms with Crippen LogP contribution in [0.15, 0.2) is 22.2 Å². The maximum Gasteiger partial charge on any atom is 0.351 e. The van der Waals surface area contributed by atoms with Crippen LogP contribution in [-0.2, 0) is 28.6 Å². The van der Waals surface area contributed by atoms with Gasteiger partial charge in [-0.3, -0.25) is 29.2 Å². The minimum atomic E-state index is -0.827. The number of ether oxygens (including phenoxy) is 3. The molecule has 4 heterocycles. The monoisotopic (exact) mass is 562 g/mol. The summed E-state index contributed by atoms with van der Waals surface area (Å²) >= 11 is 0. The number of azide groups is 1. The maximum absolute atomic E-state index is 12.3. The molecule has 3 aliphatic rings. The summed E-state index contributed by atoms with van der Waals surface area (Å²) in [6, 6.07) is 0.0885. The van der Waals surface area contributed by atoms with Crippen LogP contribution in [0, 0.1) is 5.92 Å². The van der Waals surface area contributed by atoms with E-state index in [-0.39, 0.29) is 50.9 Å². The van der Waals surface area contributed by atoms with Crippen molar-refractivity contribution < 1.29 is 38.5 Å². The van der Waals surface area contributed by atoms with Gasteiger partial charge in [-0.15, -0.1) is 0 Å². The van der Waals surface area contributed by atoms with E-state index >= 15 is 0 Å². The predicted molar refractivity (Wildman–Crippen MR) is 133 cm³/mol. The van der Waals surface area contributed by atoms with Crippen LogP contribution in [-0.4, -0.2) is 87.6 Å². The number of hydrogen-bond acceptors (Lipinski definition) is 11. The van der Waals surface area contributed by atoms with Gasteiger partial charge in [-0.1, -0.05) is 12.0 Å². The number of imide groups is 1. The molecule has 6 unspecified atom stereocenters. The van der Waals surface area contributed by atoms with Crippen molar-refractivity contribution in [2.75, 3.05) is 25.1 Å². The summed E-state index contributed by atoms with van der Waals surface area (Å²) in [5.41, 5.74) is 8.26. The Morgan fingerprint density at radius 3 is 2.77 bits per heavy atom. The first-order valence-corrected chi connectivity index (χ1v) is 12.8. The summed E-state index contributed by atoms with van der Waals surface area (Å²) < 4.78 is 17.9. The number of aromatic nitrogens is 2. The van der Waals surface area contributed by atoms with E-state index < -0.39 is 60.0 Å². The van der Waals surface area contributed by atoms with Crippen molar-refractivity contribution in [2.45, 2.75) is 69.7 Å². The molecule has 6 atom stereocenters. The lowest BCUT2D eigenvalue weighted by Crippen LogP contribution is -2.57. The number of nitrogens with zero attached hydrogens (tertiary/aromatic N) is 6. The van der Waals surface area contributed by atoms with Crippen LogP contribution in [0.2, 0.25) is 0 Å². The van der Waals surface area contributed by atoms with E-state index in [0.29, 0.717) is 12.8 Å². The number of anilines is 1. The van der Waals surface area contributed by atoms with Gasteiger partial charge in [-0.05, 0) is 24.4 Å². The van der Waals surface area contributed by atoms with Gasteiger partial charge in [-0.25, -0.2) is 9.59 Å². The fourth-order valence-corrected chi connectivity index (χ4v) is 4.65. The number of hydrogen-bond donors (Lipinski definition) is 3. The molecule has 1 aromatic rings. The molecule has 3 saturated heterocycles. The highest BCUT2D eigenvalue weighted by Crippen LogP contribution is 2.29. The Kier molecular flexibility index (Phi) is 9.31. The number of aliphatic hydroxyl groups excluding tert-OH is 1. The largest absolute Gasteiger partial charge is 0.463 e. The molecule has 0 spiro atoms. The Bertz CT molecular complexity index is 1250. The summed E-state index contributed by atoms with van der Waals surface area (Å²) in [7, 11) is 0. The zero-order valence-corrected chi connectivity index (χ0v) is 21.7. The molecule has 0 saturated carbocycles.